The number of primary amides is 1. The molecule has 0 aliphatic rings. The summed E-state index contributed by atoms with van der Waals surface area (Å²) in [5.41, 5.74) is 1.10. The summed E-state index contributed by atoms with van der Waals surface area (Å²) in [4.78, 5) is 16.6. The number of carbonyl (C=O) groups is 1. The largest absolute Gasteiger partial charge is 0.497 e. The molecule has 1 aromatic carbocycles. The lowest BCUT2D eigenvalue weighted by Gasteiger charge is -2.23. The molecule has 208 valence electrons. The standard InChI is InChI=1S/C23H25F4N3O6S2/c1-3-15-13-17-19(20(28)31)18(12-14-6-8-16(24)9-7-14)36-22(17)29-21(15)30(37(2,32)33)10-4-5-11-38(34,35)23(25,26)27/h6-9,13H,3-5,10-12H2,1-2H3,(H2,28,31). The van der Waals surface area contributed by atoms with Crippen LogP contribution in [0.3, 0.4) is 0 Å². The highest BCUT2D eigenvalue weighted by Crippen LogP contribution is 2.33. The van der Waals surface area contributed by atoms with Crippen LogP contribution in [0.15, 0.2) is 34.7 Å². The molecule has 38 heavy (non-hydrogen) atoms. The summed E-state index contributed by atoms with van der Waals surface area (Å²) >= 11 is 0. The van der Waals surface area contributed by atoms with Gasteiger partial charge in [-0.15, -0.1) is 0 Å². The molecule has 3 aromatic rings. The Labute approximate surface area is 216 Å². The average Bonchev–Trinajstić information content (AvgIpc) is 3.14. The average molecular weight is 580 g/mol. The number of furan rings is 1. The van der Waals surface area contributed by atoms with E-state index in [0.29, 0.717) is 11.1 Å². The molecule has 0 saturated heterocycles. The third kappa shape index (κ3) is 6.43. The van der Waals surface area contributed by atoms with E-state index >= 15 is 0 Å². The van der Waals surface area contributed by atoms with Gasteiger partial charge >= 0.3 is 5.51 Å². The summed E-state index contributed by atoms with van der Waals surface area (Å²) in [5.74, 6) is -2.39. The van der Waals surface area contributed by atoms with Gasteiger partial charge in [-0.2, -0.15) is 18.2 Å². The minimum absolute atomic E-state index is 0.0290. The number of hydrogen-bond donors (Lipinski definition) is 1. The molecule has 9 nitrogen and oxygen atoms in total. The van der Waals surface area contributed by atoms with Crippen molar-refractivity contribution in [3.05, 3.63) is 58.6 Å². The van der Waals surface area contributed by atoms with Crippen molar-refractivity contribution in [1.82, 2.24) is 4.98 Å². The molecule has 0 spiro atoms. The number of amides is 1. The molecule has 0 aliphatic heterocycles. The van der Waals surface area contributed by atoms with Crippen LogP contribution in [0.2, 0.25) is 0 Å². The highest BCUT2D eigenvalue weighted by atomic mass is 32.2. The Morgan fingerprint density at radius 3 is 2.26 bits per heavy atom. The van der Waals surface area contributed by atoms with E-state index in [1.165, 1.54) is 30.3 Å². The number of anilines is 1. The number of aryl methyl sites for hydroxylation is 1. The molecule has 0 aliphatic carbocycles. The van der Waals surface area contributed by atoms with Gasteiger partial charge in [-0.25, -0.2) is 21.2 Å². The van der Waals surface area contributed by atoms with Gasteiger partial charge in [0.05, 0.1) is 23.0 Å². The highest BCUT2D eigenvalue weighted by Gasteiger charge is 2.44. The number of halogens is 4. The quantitative estimate of drug-likeness (QED) is 0.270. The second-order valence-corrected chi connectivity index (χ2v) is 12.6. The van der Waals surface area contributed by atoms with Crippen LogP contribution < -0.4 is 10.0 Å². The number of alkyl halides is 3. The Morgan fingerprint density at radius 1 is 1.11 bits per heavy atom. The van der Waals surface area contributed by atoms with E-state index < -0.39 is 49.3 Å². The van der Waals surface area contributed by atoms with Crippen LogP contribution in [0.5, 0.6) is 0 Å². The van der Waals surface area contributed by atoms with Crippen molar-refractivity contribution >= 4 is 42.7 Å². The van der Waals surface area contributed by atoms with Crippen molar-refractivity contribution in [2.75, 3.05) is 22.9 Å². The first kappa shape index (κ1) is 29.4. The molecule has 15 heteroatoms. The zero-order chi connectivity index (χ0) is 28.5. The number of sulfone groups is 1. The number of hydrogen-bond acceptors (Lipinski definition) is 7. The number of pyridine rings is 1. The number of fused-ring (bicyclic) bond motifs is 1. The molecule has 0 unspecified atom stereocenters. The number of sulfonamides is 1. The summed E-state index contributed by atoms with van der Waals surface area (Å²) in [5, 5.41) is 0.236. The number of benzene rings is 1. The van der Waals surface area contributed by atoms with Crippen molar-refractivity contribution in [3.63, 3.8) is 0 Å². The van der Waals surface area contributed by atoms with Gasteiger partial charge in [0.15, 0.2) is 0 Å². The minimum Gasteiger partial charge on any atom is -0.441 e. The van der Waals surface area contributed by atoms with Gasteiger partial charge in [-0.3, -0.25) is 9.10 Å². The van der Waals surface area contributed by atoms with E-state index in [2.05, 4.69) is 4.98 Å². The van der Waals surface area contributed by atoms with Gasteiger partial charge in [0.1, 0.15) is 17.4 Å². The van der Waals surface area contributed by atoms with E-state index in [1.54, 1.807) is 6.92 Å². The van der Waals surface area contributed by atoms with Crippen molar-refractivity contribution in [2.24, 2.45) is 5.73 Å². The predicted molar refractivity (Wildman–Crippen MR) is 132 cm³/mol. The predicted octanol–water partition coefficient (Wildman–Crippen LogP) is 3.70. The smallest absolute Gasteiger partial charge is 0.441 e. The van der Waals surface area contributed by atoms with Crippen LogP contribution in [0, 0.1) is 5.82 Å². The van der Waals surface area contributed by atoms with E-state index in [9.17, 15) is 39.2 Å². The van der Waals surface area contributed by atoms with Crippen molar-refractivity contribution in [2.45, 2.75) is 38.1 Å². The van der Waals surface area contributed by atoms with Gasteiger partial charge < -0.3 is 10.2 Å². The molecule has 0 radical (unpaired) electrons. The Kier molecular flexibility index (Phi) is 8.41. The molecule has 0 bridgehead atoms. The first-order valence-electron chi connectivity index (χ1n) is 11.3. The first-order chi connectivity index (χ1) is 17.5. The highest BCUT2D eigenvalue weighted by molar-refractivity contribution is 7.92. The lowest BCUT2D eigenvalue weighted by molar-refractivity contribution is -0.0435. The Hall–Kier alpha value is -3.20. The Bertz CT molecular complexity index is 1550. The number of nitrogens with two attached hydrogens (primary N) is 1. The lowest BCUT2D eigenvalue weighted by Crippen LogP contribution is -2.33. The molecule has 2 heterocycles. The number of rotatable bonds is 11. The third-order valence-electron chi connectivity index (χ3n) is 5.73. The van der Waals surface area contributed by atoms with Crippen LogP contribution in [0.25, 0.3) is 11.1 Å². The maximum atomic E-state index is 13.3. The summed E-state index contributed by atoms with van der Waals surface area (Å²) in [6.45, 7) is 1.36. The van der Waals surface area contributed by atoms with Crippen molar-refractivity contribution < 1.29 is 43.6 Å². The van der Waals surface area contributed by atoms with Crippen molar-refractivity contribution in [1.29, 1.82) is 0 Å². The van der Waals surface area contributed by atoms with E-state index in [-0.39, 0.29) is 54.0 Å². The van der Waals surface area contributed by atoms with Gasteiger partial charge in [-0.05, 0) is 48.6 Å². The second-order valence-electron chi connectivity index (χ2n) is 8.55. The second kappa shape index (κ2) is 10.9. The van der Waals surface area contributed by atoms with Crippen LogP contribution in [-0.4, -0.2) is 51.8 Å². The van der Waals surface area contributed by atoms with E-state index in [4.69, 9.17) is 10.2 Å². The summed E-state index contributed by atoms with van der Waals surface area (Å²) in [6.07, 6.45) is 0.554. The number of nitrogens with zero attached hydrogens (tertiary/aromatic N) is 2. The van der Waals surface area contributed by atoms with Crippen molar-refractivity contribution in [3.8, 4) is 0 Å². The Morgan fingerprint density at radius 2 is 1.74 bits per heavy atom. The summed E-state index contributed by atoms with van der Waals surface area (Å²) in [7, 11) is -9.34. The minimum atomic E-state index is -5.39. The Balaban J connectivity index is 2.00. The monoisotopic (exact) mass is 579 g/mol. The molecule has 2 aromatic heterocycles. The van der Waals surface area contributed by atoms with E-state index in [0.717, 1.165) is 10.6 Å². The third-order valence-corrected chi connectivity index (χ3v) is 8.42. The first-order valence-corrected chi connectivity index (χ1v) is 14.8. The summed E-state index contributed by atoms with van der Waals surface area (Å²) in [6, 6.07) is 6.96. The fourth-order valence-electron chi connectivity index (χ4n) is 3.85. The molecule has 1 amide bonds. The molecular weight excluding hydrogens is 554 g/mol. The van der Waals surface area contributed by atoms with Crippen LogP contribution in [-0.2, 0) is 32.7 Å². The lowest BCUT2D eigenvalue weighted by atomic mass is 10.0. The molecule has 0 atom stereocenters. The van der Waals surface area contributed by atoms with Gasteiger partial charge in [0, 0.05) is 13.0 Å². The zero-order valence-corrected chi connectivity index (χ0v) is 22.0. The SMILES string of the molecule is CCc1cc2c(C(N)=O)c(Cc3ccc(F)cc3)oc2nc1N(CCCCS(=O)(=O)C(F)(F)F)S(C)(=O)=O. The maximum absolute atomic E-state index is 13.3. The van der Waals surface area contributed by atoms with Crippen LogP contribution in [0.4, 0.5) is 23.4 Å². The topological polar surface area (TPSA) is 141 Å². The number of unbranched alkanes of at least 4 members (excludes halogenated alkanes) is 1. The molecule has 0 fully saturated rings. The fourth-order valence-corrected chi connectivity index (χ4v) is 5.60. The molecule has 3 rings (SSSR count). The summed E-state index contributed by atoms with van der Waals surface area (Å²) < 4.78 is 106. The molecule has 2 N–H and O–H groups in total. The fraction of sp³-hybridized carbons (Fsp3) is 0.391. The van der Waals surface area contributed by atoms with Crippen LogP contribution in [0.1, 0.15) is 47.0 Å². The number of aromatic nitrogens is 1. The normalized spacial score (nSPS) is 12.7. The number of carbonyl (C=O) groups excluding carboxylic acids is 1. The molecule has 0 saturated carbocycles. The van der Waals surface area contributed by atoms with Gasteiger partial charge in [0.2, 0.25) is 25.6 Å². The van der Waals surface area contributed by atoms with Gasteiger partial charge in [0.25, 0.3) is 5.91 Å². The zero-order valence-electron chi connectivity index (χ0n) is 20.4. The molecular formula is C23H25F4N3O6S2. The van der Waals surface area contributed by atoms with Crippen LogP contribution >= 0.6 is 0 Å². The maximum Gasteiger partial charge on any atom is 0.497 e. The van der Waals surface area contributed by atoms with E-state index in [1.807, 2.05) is 0 Å². The van der Waals surface area contributed by atoms with Gasteiger partial charge in [-0.1, -0.05) is 19.1 Å².